The number of aromatic hydroxyl groups is 2. The van der Waals surface area contributed by atoms with Crippen molar-refractivity contribution in [2.75, 3.05) is 26.2 Å². The van der Waals surface area contributed by atoms with Crippen molar-refractivity contribution in [1.29, 1.82) is 0 Å². The van der Waals surface area contributed by atoms with Crippen LogP contribution in [0.4, 0.5) is 0 Å². The molecule has 0 spiro atoms. The van der Waals surface area contributed by atoms with Crippen molar-refractivity contribution in [2.24, 2.45) is 11.8 Å². The number of benzene rings is 2. The molecule has 2 fully saturated rings. The summed E-state index contributed by atoms with van der Waals surface area (Å²) in [5, 5.41) is 49.6. The molecule has 392 valence electrons. The first-order valence-electron chi connectivity index (χ1n) is 23.7. The van der Waals surface area contributed by atoms with E-state index in [4.69, 9.17) is 57.7 Å². The molecule has 2 aromatic carbocycles. The van der Waals surface area contributed by atoms with Crippen LogP contribution in [0.2, 0.25) is 0 Å². The van der Waals surface area contributed by atoms with Gasteiger partial charge in [-0.2, -0.15) is 19.2 Å². The maximum Gasteiger partial charge on any atom is 1.00 e. The number of nitrogens with zero attached hydrogens (tertiary/aromatic N) is 2. The van der Waals surface area contributed by atoms with Gasteiger partial charge in [0.25, 0.3) is 19.1 Å². The van der Waals surface area contributed by atoms with Crippen LogP contribution in [-0.2, 0) is 83.1 Å². The van der Waals surface area contributed by atoms with Crippen LogP contribution in [0.1, 0.15) is 96.8 Å². The number of phenolic OH excluding ortho intramolecular Hbond substituents is 2. The van der Waals surface area contributed by atoms with Gasteiger partial charge < -0.3 is 60.4 Å². The number of allylic oxidation sites excluding steroid dienone is 1. The van der Waals surface area contributed by atoms with Crippen LogP contribution in [0.5, 0.6) is 23.0 Å². The summed E-state index contributed by atoms with van der Waals surface area (Å²) in [6.45, 7) is 13.1. The molecule has 2 aliphatic carbocycles. The summed E-state index contributed by atoms with van der Waals surface area (Å²) >= 11 is 0. The molecule has 23 heteroatoms. The second-order valence-electron chi connectivity index (χ2n) is 17.8. The number of phenols is 2. The molecular weight excluding hydrogens is 1010 g/mol. The van der Waals surface area contributed by atoms with Gasteiger partial charge in [-0.3, -0.25) is 24.2 Å². The minimum atomic E-state index is -1.20. The third kappa shape index (κ3) is 18.9. The number of ether oxygens (including phenoxy) is 6. The monoisotopic (exact) mass is 1080 g/mol. The summed E-state index contributed by atoms with van der Waals surface area (Å²) in [5.41, 5.74) is 4.32. The van der Waals surface area contributed by atoms with E-state index in [1.807, 2.05) is 12.1 Å². The van der Waals surface area contributed by atoms with Gasteiger partial charge in [0.05, 0.1) is 12.0 Å². The van der Waals surface area contributed by atoms with Gasteiger partial charge in [0.2, 0.25) is 6.10 Å². The van der Waals surface area contributed by atoms with Crippen LogP contribution in [0.25, 0.3) is 0 Å². The van der Waals surface area contributed by atoms with Crippen molar-refractivity contribution < 1.29 is 197 Å². The molecule has 6 aliphatic rings. The van der Waals surface area contributed by atoms with Gasteiger partial charge in [-0.15, -0.1) is 0 Å². The fraction of sp³-hybridized carbons (Fsp3) is 0.580. The van der Waals surface area contributed by atoms with Crippen LogP contribution in [0.3, 0.4) is 0 Å². The predicted octanol–water partition coefficient (Wildman–Crippen LogP) is -3.18. The van der Waals surface area contributed by atoms with E-state index in [1.165, 1.54) is 51.0 Å². The number of piperidine rings is 2. The number of carbonyl (C=O) groups excluding carboxylic acids is 7. The summed E-state index contributed by atoms with van der Waals surface area (Å²) in [6, 6.07) is 8.31. The largest absolute Gasteiger partial charge is 1.00 e. The maximum absolute atomic E-state index is 11.8. The number of carbonyl (C=O) groups is 3. The topological polar surface area (TPSA) is 295 Å². The average molecular weight is 1080 g/mol. The molecule has 0 unspecified atom stereocenters. The minimum Gasteiger partial charge on any atom is -1.00 e. The first-order chi connectivity index (χ1) is 34.1. The number of rotatable bonds is 11. The number of fused-ring (bicyclic) bond motifs is 4. The molecule has 21 nitrogen and oxygen atoms in total. The number of aliphatic hydroxyl groups is 2. The third-order valence-corrected chi connectivity index (χ3v) is 13.1. The van der Waals surface area contributed by atoms with E-state index < -0.39 is 48.9 Å². The Balaban J connectivity index is 0.000000615. The summed E-state index contributed by atoms with van der Waals surface area (Å²) in [4.78, 5) is 72.4. The first-order valence-corrected chi connectivity index (χ1v) is 23.7. The fourth-order valence-electron chi connectivity index (χ4n) is 10.4. The number of esters is 2. The van der Waals surface area contributed by atoms with Gasteiger partial charge in [-0.1, -0.05) is 26.0 Å². The zero-order valence-corrected chi connectivity index (χ0v) is 48.8. The van der Waals surface area contributed by atoms with E-state index in [0.29, 0.717) is 41.2 Å². The predicted molar refractivity (Wildman–Crippen MR) is 243 cm³/mol. The van der Waals surface area contributed by atoms with Crippen molar-refractivity contribution in [2.45, 2.75) is 148 Å². The molecule has 0 bridgehead atoms. The van der Waals surface area contributed by atoms with Crippen LogP contribution < -0.4 is 118 Å². The Hall–Kier alpha value is -3.04. The molecule has 0 radical (unpaired) electrons. The Morgan fingerprint density at radius 2 is 1.23 bits per heavy atom. The van der Waals surface area contributed by atoms with Crippen molar-refractivity contribution in [3.63, 3.8) is 0 Å². The van der Waals surface area contributed by atoms with Gasteiger partial charge in [-0.05, 0) is 145 Å². The number of aliphatic hydroxyl groups excluding tert-OH is 2. The van der Waals surface area contributed by atoms with E-state index in [2.05, 4.69) is 28.5 Å². The Kier molecular flexibility index (Phi) is 30.7. The van der Waals surface area contributed by atoms with Gasteiger partial charge >= 0.3 is 127 Å². The van der Waals surface area contributed by atoms with Gasteiger partial charge in [0.1, 0.15) is 6.10 Å². The molecule has 2 aromatic rings. The smallest absolute Gasteiger partial charge is 1.00 e. The van der Waals surface area contributed by atoms with Crippen molar-refractivity contribution in [1.82, 2.24) is 9.80 Å². The number of likely N-dealkylation sites (tertiary alicyclic amines) is 2. The Bertz CT molecular complexity index is 2210. The Morgan fingerprint density at radius 1 is 0.781 bits per heavy atom. The SMILES string of the molecule is CCCN1CCC[C@@H]2Cc3c(ccc(O)c3O[C@@H]3OC(C)=C[C@H](OC(C)=O)[C@H]3OC(C)=O)C[C@H]21.CCCN1CCC[C@@H]2Cc3c(ccc(O)c3O[C@@H]3OC=C[C@H](O)[C@H]3O)C[C@H]21.O=C=O.O=C=O.O=CO[O-].[H-].[K+].[K+]. The van der Waals surface area contributed by atoms with Gasteiger partial charge in [0.15, 0.2) is 35.2 Å². The van der Waals surface area contributed by atoms with E-state index >= 15 is 0 Å². The summed E-state index contributed by atoms with van der Waals surface area (Å²) < 4.78 is 34.1. The molecule has 2 saturated heterocycles. The van der Waals surface area contributed by atoms with Gasteiger partial charge in [-0.25, -0.2) is 0 Å². The van der Waals surface area contributed by atoms with E-state index in [1.54, 1.807) is 25.1 Å². The first kappa shape index (κ1) is 66.1. The van der Waals surface area contributed by atoms with Crippen molar-refractivity contribution in [3.8, 4) is 23.0 Å². The average Bonchev–Trinajstić information content (AvgIpc) is 3.33. The van der Waals surface area contributed by atoms with Gasteiger partial charge in [0, 0.05) is 37.1 Å². The molecule has 10 atom stereocenters. The zero-order chi connectivity index (χ0) is 52.2. The summed E-state index contributed by atoms with van der Waals surface area (Å²) in [6.07, 6.45) is 9.07. The van der Waals surface area contributed by atoms with Crippen molar-refractivity contribution in [3.05, 3.63) is 70.7 Å². The Labute approximate surface area is 511 Å². The number of hydrogen-bond donors (Lipinski definition) is 4. The molecule has 0 saturated carbocycles. The van der Waals surface area contributed by atoms with Crippen LogP contribution >= 0.6 is 0 Å². The molecule has 4 N–H and O–H groups in total. The third-order valence-electron chi connectivity index (χ3n) is 13.1. The maximum atomic E-state index is 11.8. The normalized spacial score (nSPS) is 26.1. The minimum absolute atomic E-state index is 0. The molecule has 4 aliphatic heterocycles. The van der Waals surface area contributed by atoms with E-state index in [-0.39, 0.29) is 134 Å². The summed E-state index contributed by atoms with van der Waals surface area (Å²) in [7, 11) is 0. The van der Waals surface area contributed by atoms with Crippen molar-refractivity contribution >= 4 is 30.7 Å². The van der Waals surface area contributed by atoms with Crippen LogP contribution in [0.15, 0.2) is 48.4 Å². The number of hydrogen-bond acceptors (Lipinski definition) is 21. The second kappa shape index (κ2) is 33.9. The standard InChI is InChI=1S/C26H35NO7.C21H29NO5.CH2O3.2CO2.2K.H/c1-5-10-27-11-6-7-19-13-20-18(14-21(19)27)8-9-22(30)24(20)34-26-25(33-17(4)29)23(32-16(3)28)12-15(2)31-26;1-2-8-22-9-3-4-14-11-15-13(12-16(14)22)5-6-18(24)20(15)27-21-19(25)17(23)7-10-26-21;2-1-4-3;2*2-1-3;;;/h8-9,12,19,21,23,25-26,30H,5-7,10-11,13-14H2,1-4H3;5-7,10,14,16-17,19,21,23-25H,2-4,8-9,11-12H2,1H3;1,3H;;;;;/q;;;;;2*+1;-1/p-1/t19-,21-,23+,25-,26+;14-,16-,17+,19-,21+;;;;;;/m11....../s1. The summed E-state index contributed by atoms with van der Waals surface area (Å²) in [5.74, 6) is 1.25. The van der Waals surface area contributed by atoms with Crippen LogP contribution in [-0.4, -0.2) is 136 Å². The second-order valence-corrected chi connectivity index (χ2v) is 17.8. The molecule has 0 amide bonds. The fourth-order valence-corrected chi connectivity index (χ4v) is 10.4. The van der Waals surface area contributed by atoms with E-state index in [9.17, 15) is 30.0 Å². The molecular formula is C50H66K2N2O19. The van der Waals surface area contributed by atoms with E-state index in [0.717, 1.165) is 87.8 Å². The Morgan fingerprint density at radius 3 is 1.66 bits per heavy atom. The quantitative estimate of drug-likeness (QED) is 0.0567. The molecule has 8 rings (SSSR count). The zero-order valence-electron chi connectivity index (χ0n) is 43.6. The van der Waals surface area contributed by atoms with Crippen LogP contribution in [0, 0.1) is 11.8 Å². The molecule has 73 heavy (non-hydrogen) atoms. The molecule has 0 aromatic heterocycles. The molecule has 4 heterocycles.